The summed E-state index contributed by atoms with van der Waals surface area (Å²) in [4.78, 5) is 4.33. The lowest BCUT2D eigenvalue weighted by Gasteiger charge is -2.03. The predicted octanol–water partition coefficient (Wildman–Crippen LogP) is 3.44. The molecule has 0 amide bonds. The lowest BCUT2D eigenvalue weighted by atomic mass is 10.3. The molecule has 4 nitrogen and oxygen atoms in total. The van der Waals surface area contributed by atoms with E-state index in [1.807, 2.05) is 0 Å². The summed E-state index contributed by atoms with van der Waals surface area (Å²) in [6.07, 6.45) is 2.36. The number of rotatable bonds is 3. The number of nitrogens with zero attached hydrogens (tertiary/aromatic N) is 2. The number of hydrogen-bond donors (Lipinski definition) is 1. The second kappa shape index (κ2) is 4.16. The molecule has 1 aliphatic carbocycles. The summed E-state index contributed by atoms with van der Waals surface area (Å²) in [5.74, 6) is 1.97. The van der Waals surface area contributed by atoms with Crippen molar-refractivity contribution in [3.05, 3.63) is 29.0 Å². The first-order valence-corrected chi connectivity index (χ1v) is 6.44. The minimum absolute atomic E-state index is 0.480. The molecule has 3 rings (SSSR count). The maximum atomic E-state index is 6.01. The van der Waals surface area contributed by atoms with E-state index in [1.165, 1.54) is 24.4 Å². The highest BCUT2D eigenvalue weighted by atomic mass is 35.5. The van der Waals surface area contributed by atoms with Crippen LogP contribution in [0.2, 0.25) is 5.02 Å². The van der Waals surface area contributed by atoms with E-state index in [1.54, 1.807) is 18.2 Å². The van der Waals surface area contributed by atoms with Crippen molar-refractivity contribution in [1.29, 1.82) is 0 Å². The fourth-order valence-electron chi connectivity index (χ4n) is 1.46. The standard InChI is InChI=1S/C11H10ClN3OS/c12-8-5-7(13)3-4-9(8)16-11-14-10(15-17-11)6-1-2-6/h3-6H,1-2,13H2. The van der Waals surface area contributed by atoms with Crippen LogP contribution < -0.4 is 10.5 Å². The zero-order chi connectivity index (χ0) is 11.8. The van der Waals surface area contributed by atoms with Crippen molar-refractivity contribution in [3.63, 3.8) is 0 Å². The van der Waals surface area contributed by atoms with Gasteiger partial charge in [-0.05, 0) is 31.0 Å². The molecule has 0 aliphatic heterocycles. The lowest BCUT2D eigenvalue weighted by molar-refractivity contribution is 0.477. The first kappa shape index (κ1) is 10.8. The second-order valence-electron chi connectivity index (χ2n) is 3.98. The van der Waals surface area contributed by atoms with Gasteiger partial charge in [0.15, 0.2) is 0 Å². The van der Waals surface area contributed by atoms with Crippen molar-refractivity contribution < 1.29 is 4.74 Å². The van der Waals surface area contributed by atoms with Gasteiger partial charge in [0, 0.05) is 23.1 Å². The number of hydrogen-bond acceptors (Lipinski definition) is 5. The van der Waals surface area contributed by atoms with Gasteiger partial charge in [-0.3, -0.25) is 0 Å². The topological polar surface area (TPSA) is 61.0 Å². The summed E-state index contributed by atoms with van der Waals surface area (Å²) in [6, 6.07) is 5.12. The SMILES string of the molecule is Nc1ccc(Oc2nc(C3CC3)ns2)c(Cl)c1. The molecule has 0 bridgehead atoms. The Bertz CT molecular complexity index is 553. The maximum Gasteiger partial charge on any atom is 0.298 e. The van der Waals surface area contributed by atoms with Crippen LogP contribution in [0.1, 0.15) is 24.6 Å². The Morgan fingerprint density at radius 3 is 2.94 bits per heavy atom. The summed E-state index contributed by atoms with van der Waals surface area (Å²) >= 11 is 7.26. The summed E-state index contributed by atoms with van der Waals surface area (Å²) in [7, 11) is 0. The van der Waals surface area contributed by atoms with Gasteiger partial charge < -0.3 is 10.5 Å². The van der Waals surface area contributed by atoms with Crippen LogP contribution in [-0.2, 0) is 0 Å². The Balaban J connectivity index is 1.80. The third-order valence-corrected chi connectivity index (χ3v) is 3.42. The molecule has 17 heavy (non-hydrogen) atoms. The Morgan fingerprint density at radius 1 is 1.41 bits per heavy atom. The van der Waals surface area contributed by atoms with Crippen LogP contribution in [0.4, 0.5) is 5.69 Å². The summed E-state index contributed by atoms with van der Waals surface area (Å²) < 4.78 is 9.84. The minimum Gasteiger partial charge on any atom is -0.428 e. The Labute approximate surface area is 108 Å². The van der Waals surface area contributed by atoms with Crippen molar-refractivity contribution in [3.8, 4) is 10.9 Å². The van der Waals surface area contributed by atoms with Gasteiger partial charge in [0.25, 0.3) is 5.19 Å². The molecule has 1 heterocycles. The molecule has 1 aromatic carbocycles. The van der Waals surface area contributed by atoms with Crippen molar-refractivity contribution >= 4 is 28.8 Å². The van der Waals surface area contributed by atoms with E-state index < -0.39 is 0 Å². The molecule has 2 aromatic rings. The minimum atomic E-state index is 0.480. The van der Waals surface area contributed by atoms with E-state index in [4.69, 9.17) is 22.1 Å². The normalized spacial score (nSPS) is 14.9. The van der Waals surface area contributed by atoms with Crippen molar-refractivity contribution in [1.82, 2.24) is 9.36 Å². The number of halogens is 1. The summed E-state index contributed by atoms with van der Waals surface area (Å²) in [5.41, 5.74) is 6.22. The number of ether oxygens (including phenoxy) is 1. The zero-order valence-electron chi connectivity index (χ0n) is 8.89. The molecule has 0 unspecified atom stereocenters. The Kier molecular flexibility index (Phi) is 2.64. The predicted molar refractivity (Wildman–Crippen MR) is 67.8 cm³/mol. The third kappa shape index (κ3) is 2.35. The number of nitrogen functional groups attached to an aromatic ring is 1. The van der Waals surface area contributed by atoms with Crippen LogP contribution in [0.3, 0.4) is 0 Å². The number of nitrogens with two attached hydrogens (primary N) is 1. The highest BCUT2D eigenvalue weighted by Gasteiger charge is 2.28. The largest absolute Gasteiger partial charge is 0.428 e. The highest BCUT2D eigenvalue weighted by molar-refractivity contribution is 7.07. The molecule has 88 valence electrons. The molecule has 2 N–H and O–H groups in total. The molecule has 1 saturated carbocycles. The first-order valence-electron chi connectivity index (χ1n) is 5.29. The average molecular weight is 268 g/mol. The van der Waals surface area contributed by atoms with E-state index in [0.29, 0.717) is 27.6 Å². The van der Waals surface area contributed by atoms with Crippen LogP contribution in [0.15, 0.2) is 18.2 Å². The van der Waals surface area contributed by atoms with E-state index in [9.17, 15) is 0 Å². The van der Waals surface area contributed by atoms with Crippen LogP contribution in [0, 0.1) is 0 Å². The molecular weight excluding hydrogens is 258 g/mol. The fraction of sp³-hybridized carbons (Fsp3) is 0.273. The molecule has 0 spiro atoms. The van der Waals surface area contributed by atoms with Gasteiger partial charge in [-0.1, -0.05) is 11.6 Å². The highest BCUT2D eigenvalue weighted by Crippen LogP contribution is 2.40. The van der Waals surface area contributed by atoms with Crippen LogP contribution in [0.25, 0.3) is 0 Å². The van der Waals surface area contributed by atoms with Gasteiger partial charge in [0.1, 0.15) is 11.6 Å². The molecule has 0 atom stereocenters. The van der Waals surface area contributed by atoms with Crippen LogP contribution in [-0.4, -0.2) is 9.36 Å². The van der Waals surface area contributed by atoms with Crippen LogP contribution in [0.5, 0.6) is 10.9 Å². The van der Waals surface area contributed by atoms with Gasteiger partial charge in [-0.15, -0.1) is 0 Å². The summed E-state index contributed by atoms with van der Waals surface area (Å²) in [5, 5.41) is 1.01. The third-order valence-electron chi connectivity index (χ3n) is 2.52. The Hall–Kier alpha value is -1.33. The maximum absolute atomic E-state index is 6.01. The van der Waals surface area contributed by atoms with Crippen molar-refractivity contribution in [2.24, 2.45) is 0 Å². The monoisotopic (exact) mass is 267 g/mol. The number of benzene rings is 1. The fourth-order valence-corrected chi connectivity index (χ4v) is 2.31. The van der Waals surface area contributed by atoms with E-state index in [0.717, 1.165) is 5.82 Å². The van der Waals surface area contributed by atoms with Gasteiger partial charge in [-0.2, -0.15) is 9.36 Å². The quantitative estimate of drug-likeness (QED) is 0.866. The molecule has 1 aliphatic rings. The zero-order valence-corrected chi connectivity index (χ0v) is 10.5. The molecular formula is C11H10ClN3OS. The smallest absolute Gasteiger partial charge is 0.298 e. The molecule has 0 saturated heterocycles. The Morgan fingerprint density at radius 2 is 2.24 bits per heavy atom. The lowest BCUT2D eigenvalue weighted by Crippen LogP contribution is -1.88. The van der Waals surface area contributed by atoms with Crippen LogP contribution >= 0.6 is 23.1 Å². The summed E-state index contributed by atoms with van der Waals surface area (Å²) in [6.45, 7) is 0. The number of aromatic nitrogens is 2. The van der Waals surface area contributed by atoms with Crippen molar-refractivity contribution in [2.45, 2.75) is 18.8 Å². The first-order chi connectivity index (χ1) is 8.22. The van der Waals surface area contributed by atoms with Gasteiger partial charge >= 0.3 is 0 Å². The molecule has 1 aromatic heterocycles. The van der Waals surface area contributed by atoms with Gasteiger partial charge in [0.2, 0.25) is 0 Å². The van der Waals surface area contributed by atoms with E-state index in [2.05, 4.69) is 9.36 Å². The van der Waals surface area contributed by atoms with Gasteiger partial charge in [-0.25, -0.2) is 0 Å². The van der Waals surface area contributed by atoms with E-state index in [-0.39, 0.29) is 0 Å². The van der Waals surface area contributed by atoms with Crippen molar-refractivity contribution in [2.75, 3.05) is 5.73 Å². The van der Waals surface area contributed by atoms with E-state index >= 15 is 0 Å². The molecule has 1 fully saturated rings. The average Bonchev–Trinajstić information content (AvgIpc) is 3.04. The molecule has 0 radical (unpaired) electrons. The number of anilines is 1. The van der Waals surface area contributed by atoms with Gasteiger partial charge in [0.05, 0.1) is 5.02 Å². The molecule has 6 heteroatoms. The second-order valence-corrected chi connectivity index (χ2v) is 5.11.